The number of hydrogen-bond acceptors (Lipinski definition) is 6. The van der Waals surface area contributed by atoms with Crippen molar-refractivity contribution in [3.05, 3.63) is 82.0 Å². The molecule has 158 valence electrons. The first kappa shape index (κ1) is 20.3. The van der Waals surface area contributed by atoms with Gasteiger partial charge in [0.1, 0.15) is 5.52 Å². The van der Waals surface area contributed by atoms with Crippen molar-refractivity contribution in [3.63, 3.8) is 0 Å². The zero-order valence-corrected chi connectivity index (χ0v) is 18.7. The summed E-state index contributed by atoms with van der Waals surface area (Å²) in [6.07, 6.45) is 0. The number of carbonyl (C=O) groups excluding carboxylic acids is 1. The highest BCUT2D eigenvalue weighted by Gasteiger charge is 2.24. The van der Waals surface area contributed by atoms with Crippen LogP contribution in [0.25, 0.3) is 11.1 Å². The average molecular weight is 450 g/mol. The molecule has 7 heteroatoms. The summed E-state index contributed by atoms with van der Waals surface area (Å²) < 4.78 is 5.81. The van der Waals surface area contributed by atoms with Crippen molar-refractivity contribution in [1.82, 2.24) is 14.8 Å². The standard InChI is InChI=1S/C24H23N3O2S2/c28-23(27-12-10-26(11-13-27)15-18-9-14-30-16-18)20-6-2-1-5-19(20)17-31-24-25-21-7-3-4-8-22(21)29-24/h1-9,14,16H,10-13,15,17H2. The number of hydrogen-bond donors (Lipinski definition) is 0. The topological polar surface area (TPSA) is 49.6 Å². The predicted octanol–water partition coefficient (Wildman–Crippen LogP) is 5.14. The summed E-state index contributed by atoms with van der Waals surface area (Å²) >= 11 is 3.26. The Morgan fingerprint density at radius 3 is 2.65 bits per heavy atom. The van der Waals surface area contributed by atoms with Gasteiger partial charge in [-0.2, -0.15) is 11.3 Å². The van der Waals surface area contributed by atoms with Gasteiger partial charge in [0.15, 0.2) is 5.58 Å². The quantitative estimate of drug-likeness (QED) is 0.382. The average Bonchev–Trinajstić information content (AvgIpc) is 3.47. The minimum atomic E-state index is 0.115. The fraction of sp³-hybridized carbons (Fsp3) is 0.250. The first-order valence-electron chi connectivity index (χ1n) is 10.4. The van der Waals surface area contributed by atoms with Crippen LogP contribution in [0.5, 0.6) is 0 Å². The van der Waals surface area contributed by atoms with Gasteiger partial charge in [0.2, 0.25) is 0 Å². The fourth-order valence-electron chi connectivity index (χ4n) is 3.83. The first-order chi connectivity index (χ1) is 15.3. The zero-order valence-electron chi connectivity index (χ0n) is 17.1. The smallest absolute Gasteiger partial charge is 0.257 e. The minimum absolute atomic E-state index is 0.115. The molecular formula is C24H23N3O2S2. The van der Waals surface area contributed by atoms with Gasteiger partial charge in [-0.25, -0.2) is 4.98 Å². The monoisotopic (exact) mass is 449 g/mol. The largest absolute Gasteiger partial charge is 0.431 e. The summed E-state index contributed by atoms with van der Waals surface area (Å²) in [4.78, 5) is 22.2. The summed E-state index contributed by atoms with van der Waals surface area (Å²) in [6, 6.07) is 17.8. The third-order valence-corrected chi connectivity index (χ3v) is 7.13. The number of oxazole rings is 1. The van der Waals surface area contributed by atoms with E-state index in [4.69, 9.17) is 4.42 Å². The van der Waals surface area contributed by atoms with Crippen LogP contribution in [0.15, 0.2) is 75.0 Å². The van der Waals surface area contributed by atoms with E-state index in [1.807, 2.05) is 53.4 Å². The van der Waals surface area contributed by atoms with Crippen LogP contribution < -0.4 is 0 Å². The number of thiophene rings is 1. The van der Waals surface area contributed by atoms with Gasteiger partial charge in [0, 0.05) is 44.0 Å². The Hall–Kier alpha value is -2.61. The maximum atomic E-state index is 13.3. The molecule has 0 saturated carbocycles. The molecule has 0 N–H and O–H groups in total. The Kier molecular flexibility index (Phi) is 6.06. The molecule has 1 amide bonds. The maximum Gasteiger partial charge on any atom is 0.257 e. The van der Waals surface area contributed by atoms with E-state index in [-0.39, 0.29) is 5.91 Å². The van der Waals surface area contributed by atoms with Gasteiger partial charge in [-0.15, -0.1) is 0 Å². The van der Waals surface area contributed by atoms with Crippen LogP contribution in [-0.4, -0.2) is 46.9 Å². The van der Waals surface area contributed by atoms with Crippen LogP contribution in [0, 0.1) is 0 Å². The Bertz CT molecular complexity index is 1130. The van der Waals surface area contributed by atoms with Gasteiger partial charge in [0.25, 0.3) is 11.1 Å². The SMILES string of the molecule is O=C(c1ccccc1CSc1nc2ccccc2o1)N1CCN(Cc2ccsc2)CC1. The first-order valence-corrected chi connectivity index (χ1v) is 12.3. The van der Waals surface area contributed by atoms with Crippen molar-refractivity contribution in [3.8, 4) is 0 Å². The molecule has 5 nitrogen and oxygen atoms in total. The van der Waals surface area contributed by atoms with Gasteiger partial charge in [-0.3, -0.25) is 9.69 Å². The Morgan fingerprint density at radius 2 is 1.84 bits per heavy atom. The normalized spacial score (nSPS) is 14.9. The third kappa shape index (κ3) is 4.69. The summed E-state index contributed by atoms with van der Waals surface area (Å²) in [5.74, 6) is 0.760. The number of nitrogens with zero attached hydrogens (tertiary/aromatic N) is 3. The Labute approximate surface area is 189 Å². The molecule has 3 heterocycles. The van der Waals surface area contributed by atoms with E-state index < -0.39 is 0 Å². The molecule has 0 bridgehead atoms. The van der Waals surface area contributed by atoms with E-state index in [0.29, 0.717) is 11.0 Å². The molecule has 0 unspecified atom stereocenters. The number of para-hydroxylation sites is 2. The molecule has 31 heavy (non-hydrogen) atoms. The molecule has 5 rings (SSSR count). The molecule has 1 aliphatic heterocycles. The van der Waals surface area contributed by atoms with Crippen LogP contribution >= 0.6 is 23.1 Å². The molecule has 2 aromatic heterocycles. The molecule has 0 radical (unpaired) electrons. The van der Waals surface area contributed by atoms with E-state index in [9.17, 15) is 4.79 Å². The van der Waals surface area contributed by atoms with Crippen molar-refractivity contribution >= 4 is 40.1 Å². The lowest BCUT2D eigenvalue weighted by Crippen LogP contribution is -2.48. The zero-order chi connectivity index (χ0) is 21.0. The molecule has 4 aromatic rings. The van der Waals surface area contributed by atoms with E-state index >= 15 is 0 Å². The van der Waals surface area contributed by atoms with Crippen LogP contribution in [0.1, 0.15) is 21.5 Å². The van der Waals surface area contributed by atoms with E-state index in [1.54, 1.807) is 11.3 Å². The summed E-state index contributed by atoms with van der Waals surface area (Å²) in [5, 5.41) is 4.94. The van der Waals surface area contributed by atoms with Crippen molar-refractivity contribution in [2.75, 3.05) is 26.2 Å². The molecule has 1 aliphatic rings. The van der Waals surface area contributed by atoms with Crippen molar-refractivity contribution in [2.45, 2.75) is 17.5 Å². The number of piperazine rings is 1. The van der Waals surface area contributed by atoms with Gasteiger partial charge in [0.05, 0.1) is 0 Å². The number of thioether (sulfide) groups is 1. The third-order valence-electron chi connectivity index (χ3n) is 5.52. The van der Waals surface area contributed by atoms with Gasteiger partial charge >= 0.3 is 0 Å². The lowest BCUT2D eigenvalue weighted by atomic mass is 10.1. The Balaban J connectivity index is 1.23. The van der Waals surface area contributed by atoms with Gasteiger partial charge in [-0.1, -0.05) is 42.1 Å². The molecule has 0 atom stereocenters. The lowest BCUT2D eigenvalue weighted by Gasteiger charge is -2.35. The fourth-order valence-corrected chi connectivity index (χ4v) is 5.33. The van der Waals surface area contributed by atoms with Crippen molar-refractivity contribution in [2.24, 2.45) is 0 Å². The van der Waals surface area contributed by atoms with Crippen LogP contribution in [0.4, 0.5) is 0 Å². The number of rotatable bonds is 6. The number of aromatic nitrogens is 1. The van der Waals surface area contributed by atoms with E-state index in [0.717, 1.165) is 55.0 Å². The summed E-state index contributed by atoms with van der Waals surface area (Å²) in [6.45, 7) is 4.29. The van der Waals surface area contributed by atoms with Gasteiger partial charge < -0.3 is 9.32 Å². The van der Waals surface area contributed by atoms with Crippen LogP contribution in [-0.2, 0) is 12.3 Å². The minimum Gasteiger partial charge on any atom is -0.431 e. The second kappa shape index (κ2) is 9.26. The molecule has 0 aliphatic carbocycles. The Morgan fingerprint density at radius 1 is 1.03 bits per heavy atom. The van der Waals surface area contributed by atoms with Gasteiger partial charge in [-0.05, 0) is 46.2 Å². The lowest BCUT2D eigenvalue weighted by molar-refractivity contribution is 0.0628. The number of carbonyl (C=O) groups is 1. The van der Waals surface area contributed by atoms with Crippen LogP contribution in [0.3, 0.4) is 0 Å². The van der Waals surface area contributed by atoms with E-state index in [1.165, 1.54) is 17.3 Å². The number of amides is 1. The molecule has 1 fully saturated rings. The molecule has 0 spiro atoms. The van der Waals surface area contributed by atoms with Crippen LogP contribution in [0.2, 0.25) is 0 Å². The summed E-state index contributed by atoms with van der Waals surface area (Å²) in [5.41, 5.74) is 4.79. The highest BCUT2D eigenvalue weighted by Crippen LogP contribution is 2.28. The maximum absolute atomic E-state index is 13.3. The molecular weight excluding hydrogens is 426 g/mol. The highest BCUT2D eigenvalue weighted by molar-refractivity contribution is 7.98. The second-order valence-electron chi connectivity index (χ2n) is 7.59. The van der Waals surface area contributed by atoms with E-state index in [2.05, 4.69) is 26.7 Å². The van der Waals surface area contributed by atoms with Crippen molar-refractivity contribution < 1.29 is 9.21 Å². The second-order valence-corrected chi connectivity index (χ2v) is 9.30. The number of benzene rings is 2. The summed E-state index contributed by atoms with van der Waals surface area (Å²) in [7, 11) is 0. The molecule has 2 aromatic carbocycles. The number of fused-ring (bicyclic) bond motifs is 1. The highest BCUT2D eigenvalue weighted by atomic mass is 32.2. The van der Waals surface area contributed by atoms with Crippen molar-refractivity contribution in [1.29, 1.82) is 0 Å². The molecule has 1 saturated heterocycles. The predicted molar refractivity (Wildman–Crippen MR) is 126 cm³/mol.